The van der Waals surface area contributed by atoms with Crippen LogP contribution in [0.15, 0.2) is 11.6 Å². The quantitative estimate of drug-likeness (QED) is 0.792. The Morgan fingerprint density at radius 2 is 2.69 bits per heavy atom. The first-order valence-electron chi connectivity index (χ1n) is 4.72. The molecule has 1 atom stereocenters. The van der Waals surface area contributed by atoms with Gasteiger partial charge in [0.2, 0.25) is 0 Å². The summed E-state index contributed by atoms with van der Waals surface area (Å²) < 4.78 is 0. The predicted octanol–water partition coefficient (Wildman–Crippen LogP) is 1.33. The average Bonchev–Trinajstić information content (AvgIpc) is 2.71. The Morgan fingerprint density at radius 1 is 1.77 bits per heavy atom. The topological polar surface area (TPSA) is 28.2 Å². The Hall–Kier alpha value is -0.610. The molecular formula is C9H15N3S. The van der Waals surface area contributed by atoms with Crippen molar-refractivity contribution in [2.75, 3.05) is 25.0 Å². The SMILES string of the molecule is CNCC1CCCN1c1nccs1. The molecule has 3 nitrogen and oxygen atoms in total. The van der Waals surface area contributed by atoms with Gasteiger partial charge in [0.15, 0.2) is 5.13 Å². The van der Waals surface area contributed by atoms with Gasteiger partial charge in [-0.3, -0.25) is 0 Å². The zero-order valence-electron chi connectivity index (χ0n) is 7.86. The van der Waals surface area contributed by atoms with Crippen molar-refractivity contribution in [2.24, 2.45) is 0 Å². The number of hydrogen-bond acceptors (Lipinski definition) is 4. The van der Waals surface area contributed by atoms with Gasteiger partial charge >= 0.3 is 0 Å². The van der Waals surface area contributed by atoms with E-state index in [2.05, 4.69) is 15.2 Å². The minimum atomic E-state index is 0.649. The van der Waals surface area contributed by atoms with Crippen LogP contribution in [-0.2, 0) is 0 Å². The van der Waals surface area contributed by atoms with Gasteiger partial charge in [-0.05, 0) is 19.9 Å². The summed E-state index contributed by atoms with van der Waals surface area (Å²) in [6.07, 6.45) is 4.47. The molecule has 1 aliphatic rings. The minimum absolute atomic E-state index is 0.649. The molecule has 0 saturated carbocycles. The number of nitrogens with one attached hydrogen (secondary N) is 1. The van der Waals surface area contributed by atoms with Gasteiger partial charge in [0.25, 0.3) is 0 Å². The van der Waals surface area contributed by atoms with Crippen LogP contribution in [0, 0.1) is 0 Å². The van der Waals surface area contributed by atoms with E-state index in [4.69, 9.17) is 0 Å². The second-order valence-electron chi connectivity index (χ2n) is 3.36. The monoisotopic (exact) mass is 197 g/mol. The fraction of sp³-hybridized carbons (Fsp3) is 0.667. The Morgan fingerprint density at radius 3 is 3.38 bits per heavy atom. The third-order valence-corrected chi connectivity index (χ3v) is 3.29. The number of aromatic nitrogens is 1. The first kappa shape index (κ1) is 8.97. The van der Waals surface area contributed by atoms with Crippen LogP contribution in [0.5, 0.6) is 0 Å². The largest absolute Gasteiger partial charge is 0.344 e. The van der Waals surface area contributed by atoms with Gasteiger partial charge in [-0.2, -0.15) is 0 Å². The van der Waals surface area contributed by atoms with Crippen LogP contribution in [-0.4, -0.2) is 31.2 Å². The molecule has 1 N–H and O–H groups in total. The van der Waals surface area contributed by atoms with Crippen molar-refractivity contribution < 1.29 is 0 Å². The van der Waals surface area contributed by atoms with E-state index in [1.807, 2.05) is 18.6 Å². The van der Waals surface area contributed by atoms with Crippen molar-refractivity contribution in [3.63, 3.8) is 0 Å². The van der Waals surface area contributed by atoms with E-state index >= 15 is 0 Å². The first-order chi connectivity index (χ1) is 6.42. The molecule has 1 aromatic rings. The lowest BCUT2D eigenvalue weighted by Gasteiger charge is -2.23. The van der Waals surface area contributed by atoms with Crippen LogP contribution >= 0.6 is 11.3 Å². The molecule has 2 rings (SSSR count). The third-order valence-electron chi connectivity index (χ3n) is 2.48. The molecule has 13 heavy (non-hydrogen) atoms. The van der Waals surface area contributed by atoms with Crippen molar-refractivity contribution in [3.8, 4) is 0 Å². The number of nitrogens with zero attached hydrogens (tertiary/aromatic N) is 2. The molecule has 0 bridgehead atoms. The van der Waals surface area contributed by atoms with Crippen molar-refractivity contribution in [1.29, 1.82) is 0 Å². The summed E-state index contributed by atoms with van der Waals surface area (Å²) in [5, 5.41) is 6.46. The van der Waals surface area contributed by atoms with Gasteiger partial charge in [0.1, 0.15) is 0 Å². The maximum absolute atomic E-state index is 4.35. The first-order valence-corrected chi connectivity index (χ1v) is 5.60. The lowest BCUT2D eigenvalue weighted by atomic mass is 10.2. The minimum Gasteiger partial charge on any atom is -0.344 e. The fourth-order valence-corrected chi connectivity index (χ4v) is 2.63. The van der Waals surface area contributed by atoms with Crippen molar-refractivity contribution in [1.82, 2.24) is 10.3 Å². The average molecular weight is 197 g/mol. The van der Waals surface area contributed by atoms with Crippen LogP contribution in [0.25, 0.3) is 0 Å². The molecule has 0 spiro atoms. The smallest absolute Gasteiger partial charge is 0.185 e. The van der Waals surface area contributed by atoms with Gasteiger partial charge in [0, 0.05) is 30.7 Å². The third kappa shape index (κ3) is 1.84. The summed E-state index contributed by atoms with van der Waals surface area (Å²) in [5.41, 5.74) is 0. The molecule has 1 saturated heterocycles. The molecule has 2 heterocycles. The van der Waals surface area contributed by atoms with Crippen LogP contribution < -0.4 is 10.2 Å². The Balaban J connectivity index is 2.05. The standard InChI is InChI=1S/C9H15N3S/c1-10-7-8-3-2-5-12(8)9-11-4-6-13-9/h4,6,8,10H,2-3,5,7H2,1H3. The lowest BCUT2D eigenvalue weighted by molar-refractivity contribution is 0.615. The summed E-state index contributed by atoms with van der Waals surface area (Å²) >= 11 is 1.74. The molecule has 72 valence electrons. The van der Waals surface area contributed by atoms with Gasteiger partial charge in [-0.1, -0.05) is 0 Å². The molecule has 0 amide bonds. The molecular weight excluding hydrogens is 182 g/mol. The van der Waals surface area contributed by atoms with Crippen molar-refractivity contribution in [3.05, 3.63) is 11.6 Å². The van der Waals surface area contributed by atoms with Gasteiger partial charge in [0.05, 0.1) is 0 Å². The second-order valence-corrected chi connectivity index (χ2v) is 4.23. The zero-order valence-corrected chi connectivity index (χ0v) is 8.68. The van der Waals surface area contributed by atoms with Gasteiger partial charge in [-0.15, -0.1) is 11.3 Å². The molecule has 1 unspecified atom stereocenters. The molecule has 0 aliphatic carbocycles. The molecule has 1 aromatic heterocycles. The molecule has 1 aliphatic heterocycles. The Labute approximate surface area is 82.8 Å². The van der Waals surface area contributed by atoms with E-state index in [1.165, 1.54) is 24.5 Å². The number of rotatable bonds is 3. The molecule has 4 heteroatoms. The van der Waals surface area contributed by atoms with E-state index in [1.54, 1.807) is 11.3 Å². The van der Waals surface area contributed by atoms with E-state index in [0.29, 0.717) is 6.04 Å². The van der Waals surface area contributed by atoms with E-state index in [9.17, 15) is 0 Å². The highest BCUT2D eigenvalue weighted by Gasteiger charge is 2.25. The van der Waals surface area contributed by atoms with Gasteiger partial charge in [-0.25, -0.2) is 4.98 Å². The molecule has 0 aromatic carbocycles. The number of anilines is 1. The van der Waals surface area contributed by atoms with Crippen molar-refractivity contribution in [2.45, 2.75) is 18.9 Å². The van der Waals surface area contributed by atoms with Crippen LogP contribution in [0.3, 0.4) is 0 Å². The van der Waals surface area contributed by atoms with Crippen molar-refractivity contribution >= 4 is 16.5 Å². The molecule has 0 radical (unpaired) electrons. The van der Waals surface area contributed by atoms with Gasteiger partial charge < -0.3 is 10.2 Å². The lowest BCUT2D eigenvalue weighted by Crippen LogP contribution is -2.36. The highest BCUT2D eigenvalue weighted by molar-refractivity contribution is 7.13. The van der Waals surface area contributed by atoms with E-state index in [-0.39, 0.29) is 0 Å². The maximum Gasteiger partial charge on any atom is 0.185 e. The number of thiazole rings is 1. The Kier molecular flexibility index (Phi) is 2.80. The summed E-state index contributed by atoms with van der Waals surface area (Å²) in [6, 6.07) is 0.649. The summed E-state index contributed by atoms with van der Waals surface area (Å²) in [7, 11) is 2.01. The second kappa shape index (κ2) is 4.07. The normalized spacial score (nSPS) is 22.5. The summed E-state index contributed by atoms with van der Waals surface area (Å²) in [4.78, 5) is 6.77. The fourth-order valence-electron chi connectivity index (χ4n) is 1.89. The van der Waals surface area contributed by atoms with Crippen LogP contribution in [0.1, 0.15) is 12.8 Å². The van der Waals surface area contributed by atoms with Crippen LogP contribution in [0.2, 0.25) is 0 Å². The molecule has 1 fully saturated rings. The summed E-state index contributed by atoms with van der Waals surface area (Å²) in [6.45, 7) is 2.24. The number of likely N-dealkylation sites (N-methyl/N-ethyl adjacent to an activating group) is 1. The zero-order chi connectivity index (χ0) is 9.10. The number of hydrogen-bond donors (Lipinski definition) is 1. The highest BCUT2D eigenvalue weighted by Crippen LogP contribution is 2.26. The predicted molar refractivity (Wildman–Crippen MR) is 56.4 cm³/mol. The van der Waals surface area contributed by atoms with E-state index in [0.717, 1.165) is 6.54 Å². The Bertz CT molecular complexity index is 247. The maximum atomic E-state index is 4.35. The summed E-state index contributed by atoms with van der Waals surface area (Å²) in [5.74, 6) is 0. The van der Waals surface area contributed by atoms with E-state index < -0.39 is 0 Å². The highest BCUT2D eigenvalue weighted by atomic mass is 32.1. The van der Waals surface area contributed by atoms with Crippen LogP contribution in [0.4, 0.5) is 5.13 Å².